The molecule has 0 saturated carbocycles. The maximum atomic E-state index is 9.55. The Morgan fingerprint density at radius 3 is 1.51 bits per heavy atom. The number of rotatable bonds is 6. The van der Waals surface area contributed by atoms with Crippen LogP contribution in [-0.2, 0) is 0 Å². The molecule has 0 amide bonds. The molecule has 240 valence electrons. The summed E-state index contributed by atoms with van der Waals surface area (Å²) in [6, 6.07) is 43.6. The molecule has 10 rings (SSSR count). The van der Waals surface area contributed by atoms with E-state index >= 15 is 0 Å². The highest BCUT2D eigenvalue weighted by atomic mass is 28.3. The molecule has 0 aliphatic carbocycles. The maximum absolute atomic E-state index is 9.55. The molecular weight excluding hydrogens is 633 g/mol. The third-order valence-corrected chi connectivity index (χ3v) is 14.6. The van der Waals surface area contributed by atoms with Crippen LogP contribution in [0.15, 0.2) is 206 Å². The van der Waals surface area contributed by atoms with Crippen molar-refractivity contribution in [2.75, 3.05) is 0 Å². The molecule has 2 aromatic heterocycles. The second-order valence-corrected chi connectivity index (χ2v) is 16.2. The van der Waals surface area contributed by atoms with Crippen LogP contribution in [0, 0.1) is 0 Å². The van der Waals surface area contributed by atoms with Crippen LogP contribution < -0.4 is 20.7 Å². The molecule has 0 radical (unpaired) electrons. The summed E-state index contributed by atoms with van der Waals surface area (Å²) in [5, 5.41) is 6.22. The van der Waals surface area contributed by atoms with Crippen molar-refractivity contribution in [2.45, 2.75) is 0 Å². The predicted molar refractivity (Wildman–Crippen MR) is 219 cm³/mol. The summed E-state index contributed by atoms with van der Waals surface area (Å²) >= 11 is 0. The first-order chi connectivity index (χ1) is 29.5. The van der Waals surface area contributed by atoms with Crippen molar-refractivity contribution in [1.82, 2.24) is 9.13 Å². The molecule has 3 heteroatoms. The zero-order valence-electron chi connectivity index (χ0n) is 37.3. The van der Waals surface area contributed by atoms with Crippen LogP contribution in [0.4, 0.5) is 0 Å². The number of hydrogen-bond acceptors (Lipinski definition) is 0. The van der Waals surface area contributed by atoms with Crippen molar-refractivity contribution in [2.24, 2.45) is 0 Å². The molecule has 8 aromatic carbocycles. The molecule has 2 nitrogen and oxygen atoms in total. The van der Waals surface area contributed by atoms with Gasteiger partial charge in [0.2, 0.25) is 0 Å². The molecule has 0 saturated heterocycles. The average molecular weight is 677 g/mol. The van der Waals surface area contributed by atoms with Gasteiger partial charge in [0.1, 0.15) is 0 Å². The standard InChI is InChI=1S/C48H34N2Si/c1-5-19-35(20-6-1)49-41-29-15-13-27-39(41)47-43(49)31-17-32-44(47)50-42-30-16-14-28-40(42)48-45(50)33-18-34-46(48)51(36-21-7-2-8-22-36,37-23-9-3-10-24-37)38-25-11-4-12-26-38/h1-34H/i1D,2D,5D,6D,7D,8D,19D,20D,21D,22D. The number of benzene rings is 8. The molecule has 0 atom stereocenters. The molecule has 0 aliphatic rings. The fourth-order valence-electron chi connectivity index (χ4n) is 8.09. The summed E-state index contributed by atoms with van der Waals surface area (Å²) in [5.41, 5.74) is 3.85. The van der Waals surface area contributed by atoms with E-state index < -0.39 is 44.3 Å². The largest absolute Gasteiger partial charge is 0.309 e. The fraction of sp³-hybridized carbons (Fsp3) is 0. The molecule has 0 fully saturated rings. The minimum absolute atomic E-state index is 0.0546. The van der Waals surface area contributed by atoms with E-state index in [2.05, 4.69) is 16.7 Å². The lowest BCUT2D eigenvalue weighted by atomic mass is 10.1. The van der Waals surface area contributed by atoms with E-state index in [0.717, 1.165) is 53.8 Å². The van der Waals surface area contributed by atoms with Gasteiger partial charge in [0.25, 0.3) is 0 Å². The van der Waals surface area contributed by atoms with Crippen LogP contribution in [-0.4, -0.2) is 17.2 Å². The van der Waals surface area contributed by atoms with Crippen LogP contribution in [0.2, 0.25) is 0 Å². The van der Waals surface area contributed by atoms with Gasteiger partial charge in [-0.2, -0.15) is 0 Å². The quantitative estimate of drug-likeness (QED) is 0.123. The lowest BCUT2D eigenvalue weighted by Crippen LogP contribution is -2.74. The van der Waals surface area contributed by atoms with Crippen LogP contribution in [0.3, 0.4) is 0 Å². The number of aromatic nitrogens is 2. The normalized spacial score (nSPS) is 14.7. The van der Waals surface area contributed by atoms with Crippen LogP contribution in [0.25, 0.3) is 55.0 Å². The highest BCUT2D eigenvalue weighted by molar-refractivity contribution is 7.20. The molecule has 0 unspecified atom stereocenters. The Morgan fingerprint density at radius 1 is 0.373 bits per heavy atom. The molecule has 0 bridgehead atoms. The Bertz CT molecular complexity index is 3340. The van der Waals surface area contributed by atoms with E-state index in [1.165, 1.54) is 0 Å². The summed E-state index contributed by atoms with van der Waals surface area (Å²) in [6.07, 6.45) is 0. The van der Waals surface area contributed by atoms with Gasteiger partial charge in [0.15, 0.2) is 8.07 Å². The van der Waals surface area contributed by atoms with E-state index in [4.69, 9.17) is 11.0 Å². The van der Waals surface area contributed by atoms with Gasteiger partial charge in [0, 0.05) is 27.2 Å². The van der Waals surface area contributed by atoms with Crippen molar-refractivity contribution in [1.29, 1.82) is 0 Å². The minimum Gasteiger partial charge on any atom is -0.309 e. The average Bonchev–Trinajstić information content (AvgIpc) is 3.82. The number of fused-ring (bicyclic) bond motifs is 6. The second-order valence-electron chi connectivity index (χ2n) is 12.5. The Kier molecular flexibility index (Phi) is 4.87. The first-order valence-electron chi connectivity index (χ1n) is 21.8. The first kappa shape index (κ1) is 20.9. The van der Waals surface area contributed by atoms with Gasteiger partial charge in [-0.15, -0.1) is 0 Å². The van der Waals surface area contributed by atoms with Gasteiger partial charge in [-0.25, -0.2) is 0 Å². The molecule has 2 heterocycles. The van der Waals surface area contributed by atoms with Gasteiger partial charge in [0.05, 0.1) is 41.5 Å². The summed E-state index contributed by atoms with van der Waals surface area (Å²) in [7, 11) is -3.82. The monoisotopic (exact) mass is 676 g/mol. The van der Waals surface area contributed by atoms with E-state index in [-0.39, 0.29) is 35.0 Å². The predicted octanol–water partition coefficient (Wildman–Crippen LogP) is 9.26. The number of hydrogen-bond donors (Lipinski definition) is 0. The summed E-state index contributed by atoms with van der Waals surface area (Å²) in [4.78, 5) is 0. The Labute approximate surface area is 312 Å². The molecule has 10 aromatic rings. The summed E-state index contributed by atoms with van der Waals surface area (Å²) in [6.45, 7) is 0. The van der Waals surface area contributed by atoms with Crippen LogP contribution >= 0.6 is 0 Å². The third kappa shape index (κ3) is 4.35. The topological polar surface area (TPSA) is 9.86 Å². The van der Waals surface area contributed by atoms with Crippen molar-refractivity contribution >= 4 is 72.4 Å². The summed E-state index contributed by atoms with van der Waals surface area (Å²) in [5.74, 6) is 0. The minimum atomic E-state index is -3.82. The van der Waals surface area contributed by atoms with E-state index in [1.807, 2.05) is 133 Å². The Hall–Kier alpha value is -6.42. The lowest BCUT2D eigenvalue weighted by molar-refractivity contribution is 1.17. The molecule has 0 spiro atoms. The molecule has 51 heavy (non-hydrogen) atoms. The van der Waals surface area contributed by atoms with Crippen LogP contribution in [0.5, 0.6) is 0 Å². The molecular formula is C48H34N2Si. The maximum Gasteiger partial charge on any atom is 0.180 e. The van der Waals surface area contributed by atoms with Crippen molar-refractivity contribution < 1.29 is 13.7 Å². The van der Waals surface area contributed by atoms with Gasteiger partial charge in [-0.1, -0.05) is 164 Å². The van der Waals surface area contributed by atoms with Crippen LogP contribution in [0.1, 0.15) is 13.7 Å². The zero-order valence-corrected chi connectivity index (χ0v) is 28.3. The lowest BCUT2D eigenvalue weighted by Gasteiger charge is -2.35. The highest BCUT2D eigenvalue weighted by Crippen LogP contribution is 2.39. The number of nitrogens with zero attached hydrogens (tertiary/aromatic N) is 2. The first-order valence-corrected chi connectivity index (χ1v) is 18.8. The SMILES string of the molecule is [2H]c1c([2H])c([2H])c(-n2c3ccccc3c3c(-n4c5ccccc5c5c([Si](c6ccccc6)(c6ccccc6)c6c([2H])c([2H])c([2H])c([2H])c6[2H])cccc54)cccc32)c([2H])c1[2H]. The second kappa shape index (κ2) is 11.9. The third-order valence-electron chi connectivity index (χ3n) is 10.0. The Balaban J connectivity index is 1.40. The van der Waals surface area contributed by atoms with Gasteiger partial charge < -0.3 is 9.13 Å². The highest BCUT2D eigenvalue weighted by Gasteiger charge is 2.43. The van der Waals surface area contributed by atoms with Crippen molar-refractivity contribution in [3.63, 3.8) is 0 Å². The molecule has 0 aliphatic heterocycles. The van der Waals surface area contributed by atoms with Gasteiger partial charge in [-0.3, -0.25) is 0 Å². The summed E-state index contributed by atoms with van der Waals surface area (Å²) < 4.78 is 92.8. The zero-order chi connectivity index (χ0) is 42.5. The van der Waals surface area contributed by atoms with E-state index in [9.17, 15) is 2.74 Å². The number of para-hydroxylation sites is 3. The fourth-order valence-corrected chi connectivity index (χ4v) is 12.8. The van der Waals surface area contributed by atoms with Crippen molar-refractivity contribution in [3.8, 4) is 11.4 Å². The smallest absolute Gasteiger partial charge is 0.180 e. The molecule has 0 N–H and O–H groups in total. The van der Waals surface area contributed by atoms with E-state index in [1.54, 1.807) is 4.57 Å². The van der Waals surface area contributed by atoms with Gasteiger partial charge >= 0.3 is 0 Å². The van der Waals surface area contributed by atoms with Crippen molar-refractivity contribution in [3.05, 3.63) is 206 Å². The van der Waals surface area contributed by atoms with Gasteiger partial charge in [-0.05, 0) is 63.2 Å². The van der Waals surface area contributed by atoms with E-state index in [0.29, 0.717) is 11.0 Å². The Morgan fingerprint density at radius 2 is 0.863 bits per heavy atom.